The minimum Gasteiger partial charge on any atom is -0.444 e. The van der Waals surface area contributed by atoms with Crippen molar-refractivity contribution < 1.29 is 13.9 Å². The Hall–Kier alpha value is -1.70. The molecule has 0 N–H and O–H groups in total. The van der Waals surface area contributed by atoms with Crippen LogP contribution in [0.2, 0.25) is 0 Å². The molecule has 1 aliphatic heterocycles. The van der Waals surface area contributed by atoms with Gasteiger partial charge in [0.05, 0.1) is 24.5 Å². The van der Waals surface area contributed by atoms with Crippen molar-refractivity contribution in [2.24, 2.45) is 0 Å². The van der Waals surface area contributed by atoms with Gasteiger partial charge in [0.2, 0.25) is 0 Å². The normalized spacial score (nSPS) is 21.9. The average Bonchev–Trinajstić information content (AvgIpc) is 2.99. The van der Waals surface area contributed by atoms with Crippen LogP contribution in [0.4, 0.5) is 9.18 Å². The van der Waals surface area contributed by atoms with Crippen LogP contribution in [0.3, 0.4) is 0 Å². The van der Waals surface area contributed by atoms with Crippen molar-refractivity contribution in [3.05, 3.63) is 28.9 Å². The van der Waals surface area contributed by atoms with Gasteiger partial charge in [-0.3, -0.25) is 4.90 Å². The summed E-state index contributed by atoms with van der Waals surface area (Å²) in [5.74, 6) is 0. The van der Waals surface area contributed by atoms with Crippen LogP contribution in [0.5, 0.6) is 0 Å². The van der Waals surface area contributed by atoms with Crippen LogP contribution in [0.15, 0.2) is 23.2 Å². The maximum Gasteiger partial charge on any atom is 0.410 e. The zero-order chi connectivity index (χ0) is 16.8. The Kier molecular flexibility index (Phi) is 4.03. The van der Waals surface area contributed by atoms with Crippen LogP contribution in [-0.4, -0.2) is 43.7 Å². The van der Waals surface area contributed by atoms with Gasteiger partial charge in [-0.1, -0.05) is 0 Å². The molecule has 1 amide bonds. The molecule has 1 aliphatic rings. The molecule has 0 saturated carbocycles. The first-order valence-corrected chi connectivity index (χ1v) is 8.16. The molecule has 0 aliphatic carbocycles. The van der Waals surface area contributed by atoms with Gasteiger partial charge >= 0.3 is 6.09 Å². The molecule has 0 radical (unpaired) electrons. The van der Waals surface area contributed by atoms with E-state index in [2.05, 4.69) is 25.9 Å². The van der Waals surface area contributed by atoms with Crippen LogP contribution in [0.1, 0.15) is 38.9 Å². The number of nitrogens with zero attached hydrogens (tertiary/aromatic N) is 4. The van der Waals surface area contributed by atoms with Gasteiger partial charge in [-0.05, 0) is 36.7 Å². The topological polar surface area (TPSA) is 59.7 Å². The first kappa shape index (κ1) is 16.2. The van der Waals surface area contributed by atoms with E-state index >= 15 is 0 Å². The number of ether oxygens (including phenoxy) is 1. The Balaban J connectivity index is 1.90. The molecule has 2 atom stereocenters. The molecule has 2 aromatic heterocycles. The molecule has 3 heterocycles. The van der Waals surface area contributed by atoms with Crippen molar-refractivity contribution in [3.63, 3.8) is 0 Å². The van der Waals surface area contributed by atoms with Crippen LogP contribution >= 0.6 is 15.9 Å². The van der Waals surface area contributed by atoms with Crippen molar-refractivity contribution in [2.45, 2.75) is 45.0 Å². The molecular weight excluding hydrogens is 367 g/mol. The molecule has 0 aromatic carbocycles. The van der Waals surface area contributed by atoms with E-state index in [0.29, 0.717) is 15.9 Å². The lowest BCUT2D eigenvalue weighted by atomic mass is 10.1. The Morgan fingerprint density at radius 1 is 1.43 bits per heavy atom. The molecule has 0 unspecified atom stereocenters. The fourth-order valence-corrected chi connectivity index (χ4v) is 2.96. The fraction of sp³-hybridized carbons (Fsp3) is 0.533. The van der Waals surface area contributed by atoms with Crippen LogP contribution in [-0.2, 0) is 4.74 Å². The van der Waals surface area contributed by atoms with Crippen molar-refractivity contribution in [1.82, 2.24) is 19.3 Å². The van der Waals surface area contributed by atoms with Gasteiger partial charge < -0.3 is 9.14 Å². The molecule has 6 nitrogen and oxygen atoms in total. The quantitative estimate of drug-likeness (QED) is 0.754. The molecular formula is C15H18BrFN4O2. The third-order valence-corrected chi connectivity index (χ3v) is 3.96. The standard InChI is InChI=1S/C15H18BrFN4O2/c1-15(2,3)23-14(22)21-6-9(17)4-11(21)10-7-20-8-12(16)18-5-13(20)19-10/h5,7-9,11H,4,6H2,1-3H3/t9-,11+/m0/s1. The lowest BCUT2D eigenvalue weighted by Crippen LogP contribution is -2.37. The minimum absolute atomic E-state index is 0.0232. The number of aromatic nitrogens is 3. The summed E-state index contributed by atoms with van der Waals surface area (Å²) in [6.07, 6.45) is 3.81. The molecule has 1 fully saturated rings. The summed E-state index contributed by atoms with van der Waals surface area (Å²) in [6, 6.07) is -0.432. The number of hydrogen-bond donors (Lipinski definition) is 0. The second kappa shape index (κ2) is 5.74. The first-order valence-electron chi connectivity index (χ1n) is 7.37. The monoisotopic (exact) mass is 384 g/mol. The van der Waals surface area contributed by atoms with Crippen LogP contribution in [0, 0.1) is 0 Å². The second-order valence-electron chi connectivity index (χ2n) is 6.62. The Morgan fingerprint density at radius 2 is 2.17 bits per heavy atom. The summed E-state index contributed by atoms with van der Waals surface area (Å²) in [7, 11) is 0. The lowest BCUT2D eigenvalue weighted by molar-refractivity contribution is 0.0214. The Bertz CT molecular complexity index is 743. The molecule has 3 rings (SSSR count). The maximum atomic E-state index is 13.9. The van der Waals surface area contributed by atoms with Gasteiger partial charge in [-0.2, -0.15) is 0 Å². The van der Waals surface area contributed by atoms with E-state index in [-0.39, 0.29) is 13.0 Å². The number of imidazole rings is 1. The number of alkyl halides is 1. The predicted octanol–water partition coefficient (Wildman–Crippen LogP) is 3.51. The summed E-state index contributed by atoms with van der Waals surface area (Å²) < 4.78 is 21.8. The smallest absolute Gasteiger partial charge is 0.410 e. The van der Waals surface area contributed by atoms with Crippen molar-refractivity contribution in [3.8, 4) is 0 Å². The van der Waals surface area contributed by atoms with Crippen molar-refractivity contribution in [1.29, 1.82) is 0 Å². The molecule has 1 saturated heterocycles. The first-order chi connectivity index (χ1) is 10.7. The largest absolute Gasteiger partial charge is 0.444 e. The third-order valence-electron chi connectivity index (χ3n) is 3.55. The molecule has 0 bridgehead atoms. The number of amides is 1. The average molecular weight is 385 g/mol. The summed E-state index contributed by atoms with van der Waals surface area (Å²) >= 11 is 3.30. The summed E-state index contributed by atoms with van der Waals surface area (Å²) in [6.45, 7) is 5.39. The highest BCUT2D eigenvalue weighted by atomic mass is 79.9. The summed E-state index contributed by atoms with van der Waals surface area (Å²) in [4.78, 5) is 22.3. The van der Waals surface area contributed by atoms with Gasteiger partial charge in [-0.15, -0.1) is 0 Å². The van der Waals surface area contributed by atoms with E-state index < -0.39 is 23.9 Å². The molecule has 2 aromatic rings. The fourth-order valence-electron chi connectivity index (χ4n) is 2.64. The number of likely N-dealkylation sites (tertiary alicyclic amines) is 1. The number of hydrogen-bond acceptors (Lipinski definition) is 4. The van der Waals surface area contributed by atoms with E-state index in [1.807, 2.05) is 0 Å². The highest BCUT2D eigenvalue weighted by Gasteiger charge is 2.39. The van der Waals surface area contributed by atoms with Gasteiger partial charge in [-0.25, -0.2) is 19.2 Å². The Morgan fingerprint density at radius 3 is 2.87 bits per heavy atom. The van der Waals surface area contributed by atoms with Crippen molar-refractivity contribution in [2.75, 3.05) is 6.54 Å². The number of carbonyl (C=O) groups is 1. The van der Waals surface area contributed by atoms with Gasteiger partial charge in [0.15, 0.2) is 5.65 Å². The summed E-state index contributed by atoms with van der Waals surface area (Å²) in [5.41, 5.74) is 0.662. The van der Waals surface area contributed by atoms with Gasteiger partial charge in [0.25, 0.3) is 0 Å². The predicted molar refractivity (Wildman–Crippen MR) is 85.9 cm³/mol. The van der Waals surface area contributed by atoms with E-state index in [4.69, 9.17) is 4.74 Å². The van der Waals surface area contributed by atoms with E-state index in [1.54, 1.807) is 43.8 Å². The lowest BCUT2D eigenvalue weighted by Gasteiger charge is -2.27. The highest BCUT2D eigenvalue weighted by Crippen LogP contribution is 2.34. The molecule has 0 spiro atoms. The number of halogens is 2. The number of fused-ring (bicyclic) bond motifs is 1. The van der Waals surface area contributed by atoms with Crippen molar-refractivity contribution >= 4 is 27.7 Å². The Labute approximate surface area is 141 Å². The van der Waals surface area contributed by atoms with Gasteiger partial charge in [0, 0.05) is 18.8 Å². The third kappa shape index (κ3) is 3.46. The zero-order valence-electron chi connectivity index (χ0n) is 13.2. The maximum absolute atomic E-state index is 13.9. The van der Waals surface area contributed by atoms with Gasteiger partial charge in [0.1, 0.15) is 16.4 Å². The van der Waals surface area contributed by atoms with Crippen LogP contribution in [0.25, 0.3) is 5.65 Å². The van der Waals surface area contributed by atoms with E-state index in [9.17, 15) is 9.18 Å². The van der Waals surface area contributed by atoms with Crippen LogP contribution < -0.4 is 0 Å². The second-order valence-corrected chi connectivity index (χ2v) is 7.44. The number of carbonyl (C=O) groups excluding carboxylic acids is 1. The molecule has 124 valence electrons. The molecule has 8 heteroatoms. The minimum atomic E-state index is -1.08. The zero-order valence-corrected chi connectivity index (χ0v) is 14.7. The highest BCUT2D eigenvalue weighted by molar-refractivity contribution is 9.10. The van der Waals surface area contributed by atoms with E-state index in [0.717, 1.165) is 0 Å². The SMILES string of the molecule is CC(C)(C)OC(=O)N1C[C@@H](F)C[C@@H]1c1cn2cc(Br)ncc2n1. The summed E-state index contributed by atoms with van der Waals surface area (Å²) in [5, 5.41) is 0. The molecule has 23 heavy (non-hydrogen) atoms. The number of rotatable bonds is 1. The van der Waals surface area contributed by atoms with E-state index in [1.165, 1.54) is 4.90 Å².